The number of aryl methyl sites for hydroxylation is 1. The molecule has 12 heavy (non-hydrogen) atoms. The molecule has 1 heterocycles. The van der Waals surface area contributed by atoms with Crippen molar-refractivity contribution < 1.29 is 5.11 Å². The van der Waals surface area contributed by atoms with Gasteiger partial charge in [0.15, 0.2) is 0 Å². The number of nitrogens with zero attached hydrogens (tertiary/aromatic N) is 2. The van der Waals surface area contributed by atoms with E-state index in [1.54, 1.807) is 7.05 Å². The highest BCUT2D eigenvalue weighted by molar-refractivity contribution is 5.09. The average Bonchev–Trinajstić information content (AvgIpc) is 2.08. The molecular weight excluding hydrogens is 158 g/mol. The van der Waals surface area contributed by atoms with Crippen molar-refractivity contribution in [2.75, 3.05) is 6.61 Å². The van der Waals surface area contributed by atoms with Crippen molar-refractivity contribution in [2.45, 2.75) is 6.04 Å². The summed E-state index contributed by atoms with van der Waals surface area (Å²) in [5.74, 6) is 0. The molecule has 0 fully saturated rings. The van der Waals surface area contributed by atoms with Crippen molar-refractivity contribution >= 4 is 0 Å². The fourth-order valence-corrected chi connectivity index (χ4v) is 0.878. The number of hydrogen-bond acceptors (Lipinski definition) is 4. The lowest BCUT2D eigenvalue weighted by atomic mass is 10.2. The van der Waals surface area contributed by atoms with Gasteiger partial charge in [0.2, 0.25) is 0 Å². The summed E-state index contributed by atoms with van der Waals surface area (Å²) >= 11 is 0. The van der Waals surface area contributed by atoms with Crippen LogP contribution in [0, 0.1) is 0 Å². The summed E-state index contributed by atoms with van der Waals surface area (Å²) in [6, 6.07) is -0.641. The number of aliphatic hydroxyl groups is 1. The Kier molecular flexibility index (Phi) is 2.57. The topological polar surface area (TPSA) is 81.1 Å². The third-order valence-corrected chi connectivity index (χ3v) is 1.62. The van der Waals surface area contributed by atoms with Crippen LogP contribution >= 0.6 is 0 Å². The summed E-state index contributed by atoms with van der Waals surface area (Å²) in [6.07, 6.45) is 2.78. The summed E-state index contributed by atoms with van der Waals surface area (Å²) in [6.45, 7) is -0.249. The smallest absolute Gasteiger partial charge is 0.257 e. The van der Waals surface area contributed by atoms with E-state index in [0.29, 0.717) is 5.56 Å². The van der Waals surface area contributed by atoms with E-state index in [1.807, 2.05) is 0 Å². The predicted octanol–water partition coefficient (Wildman–Crippen LogP) is -1.23. The van der Waals surface area contributed by atoms with Crippen molar-refractivity contribution in [1.29, 1.82) is 0 Å². The van der Waals surface area contributed by atoms with E-state index in [0.717, 1.165) is 0 Å². The molecule has 0 spiro atoms. The SMILES string of the molecule is Cn1cncc(C(N)CO)c1=O. The van der Waals surface area contributed by atoms with Gasteiger partial charge in [0.25, 0.3) is 5.56 Å². The molecule has 0 saturated heterocycles. The Hall–Kier alpha value is -1.20. The molecular formula is C7H11N3O2. The van der Waals surface area contributed by atoms with Gasteiger partial charge in [0.1, 0.15) is 0 Å². The Morgan fingerprint density at radius 2 is 2.50 bits per heavy atom. The Balaban J connectivity index is 3.17. The average molecular weight is 169 g/mol. The van der Waals surface area contributed by atoms with Crippen molar-refractivity contribution in [3.8, 4) is 0 Å². The highest BCUT2D eigenvalue weighted by Crippen LogP contribution is 1.99. The standard InChI is InChI=1S/C7H11N3O2/c1-10-4-9-2-5(7(10)12)6(8)3-11/h2,4,6,11H,3,8H2,1H3. The fraction of sp³-hybridized carbons (Fsp3) is 0.429. The Morgan fingerprint density at radius 3 is 3.08 bits per heavy atom. The van der Waals surface area contributed by atoms with Gasteiger partial charge in [-0.05, 0) is 0 Å². The number of hydrogen-bond donors (Lipinski definition) is 2. The lowest BCUT2D eigenvalue weighted by molar-refractivity contribution is 0.266. The van der Waals surface area contributed by atoms with Crippen molar-refractivity contribution in [3.63, 3.8) is 0 Å². The van der Waals surface area contributed by atoms with Gasteiger partial charge < -0.3 is 15.4 Å². The van der Waals surface area contributed by atoms with Crippen molar-refractivity contribution in [1.82, 2.24) is 9.55 Å². The van der Waals surface area contributed by atoms with Crippen molar-refractivity contribution in [3.05, 3.63) is 28.4 Å². The van der Waals surface area contributed by atoms with Gasteiger partial charge in [-0.25, -0.2) is 4.98 Å². The van der Waals surface area contributed by atoms with Crippen LogP contribution < -0.4 is 11.3 Å². The first-order chi connectivity index (χ1) is 5.66. The third-order valence-electron chi connectivity index (χ3n) is 1.62. The normalized spacial score (nSPS) is 12.9. The molecule has 5 nitrogen and oxygen atoms in total. The highest BCUT2D eigenvalue weighted by atomic mass is 16.3. The lowest BCUT2D eigenvalue weighted by Crippen LogP contribution is -2.28. The van der Waals surface area contributed by atoms with Gasteiger partial charge in [-0.15, -0.1) is 0 Å². The quantitative estimate of drug-likeness (QED) is 0.581. The second kappa shape index (κ2) is 3.46. The zero-order chi connectivity index (χ0) is 9.14. The molecule has 0 saturated carbocycles. The maximum absolute atomic E-state index is 11.3. The van der Waals surface area contributed by atoms with Crippen molar-refractivity contribution in [2.24, 2.45) is 12.8 Å². The van der Waals surface area contributed by atoms with Crippen LogP contribution in [0.2, 0.25) is 0 Å². The Morgan fingerprint density at radius 1 is 1.83 bits per heavy atom. The predicted molar refractivity (Wildman–Crippen MR) is 43.5 cm³/mol. The molecule has 0 aliphatic rings. The molecule has 0 aliphatic carbocycles. The van der Waals surface area contributed by atoms with Crippen LogP contribution in [0.3, 0.4) is 0 Å². The summed E-state index contributed by atoms with van der Waals surface area (Å²) < 4.78 is 1.32. The van der Waals surface area contributed by atoms with E-state index in [2.05, 4.69) is 4.98 Å². The largest absolute Gasteiger partial charge is 0.394 e. The van der Waals surface area contributed by atoms with Gasteiger partial charge in [-0.1, -0.05) is 0 Å². The number of rotatable bonds is 2. The Labute approximate surface area is 69.5 Å². The summed E-state index contributed by atoms with van der Waals surface area (Å²) in [5.41, 5.74) is 5.58. The maximum Gasteiger partial charge on any atom is 0.257 e. The van der Waals surface area contributed by atoms with Gasteiger partial charge in [-0.3, -0.25) is 4.79 Å². The molecule has 1 aromatic rings. The van der Waals surface area contributed by atoms with Gasteiger partial charge in [-0.2, -0.15) is 0 Å². The first kappa shape index (κ1) is 8.89. The van der Waals surface area contributed by atoms with Gasteiger partial charge in [0, 0.05) is 13.2 Å². The molecule has 1 rings (SSSR count). The van der Waals surface area contributed by atoms with Crippen LogP contribution in [-0.4, -0.2) is 21.3 Å². The summed E-state index contributed by atoms with van der Waals surface area (Å²) in [4.78, 5) is 15.1. The maximum atomic E-state index is 11.3. The molecule has 0 radical (unpaired) electrons. The minimum Gasteiger partial charge on any atom is -0.394 e. The fourth-order valence-electron chi connectivity index (χ4n) is 0.878. The molecule has 1 aromatic heterocycles. The zero-order valence-corrected chi connectivity index (χ0v) is 6.77. The van der Waals surface area contributed by atoms with Crippen LogP contribution in [0.25, 0.3) is 0 Å². The molecule has 5 heteroatoms. The zero-order valence-electron chi connectivity index (χ0n) is 6.77. The second-order valence-corrected chi connectivity index (χ2v) is 2.55. The van der Waals surface area contributed by atoms with E-state index in [1.165, 1.54) is 17.1 Å². The molecule has 1 unspecified atom stereocenters. The lowest BCUT2D eigenvalue weighted by Gasteiger charge is -2.07. The molecule has 1 atom stereocenters. The van der Waals surface area contributed by atoms with E-state index < -0.39 is 6.04 Å². The van der Waals surface area contributed by atoms with Crippen LogP contribution in [0.4, 0.5) is 0 Å². The van der Waals surface area contributed by atoms with E-state index in [9.17, 15) is 4.79 Å². The summed E-state index contributed by atoms with van der Waals surface area (Å²) in [7, 11) is 1.59. The summed E-state index contributed by atoms with van der Waals surface area (Å²) in [5, 5.41) is 8.70. The van der Waals surface area contributed by atoms with Crippen LogP contribution in [0.5, 0.6) is 0 Å². The first-order valence-corrected chi connectivity index (χ1v) is 3.53. The van der Waals surface area contributed by atoms with Gasteiger partial charge in [0.05, 0.1) is 24.5 Å². The molecule has 0 amide bonds. The molecule has 0 bridgehead atoms. The van der Waals surface area contributed by atoms with Crippen LogP contribution in [-0.2, 0) is 7.05 Å². The molecule has 3 N–H and O–H groups in total. The number of nitrogens with two attached hydrogens (primary N) is 1. The number of aliphatic hydroxyl groups excluding tert-OH is 1. The number of aromatic nitrogens is 2. The highest BCUT2D eigenvalue weighted by Gasteiger charge is 2.09. The monoisotopic (exact) mass is 169 g/mol. The molecule has 66 valence electrons. The molecule has 0 aromatic carbocycles. The van der Waals surface area contributed by atoms with Gasteiger partial charge >= 0.3 is 0 Å². The van der Waals surface area contributed by atoms with Crippen LogP contribution in [0.15, 0.2) is 17.3 Å². The van der Waals surface area contributed by atoms with E-state index in [4.69, 9.17) is 10.8 Å². The third kappa shape index (κ3) is 1.51. The Bertz CT molecular complexity index is 321. The van der Waals surface area contributed by atoms with E-state index >= 15 is 0 Å². The first-order valence-electron chi connectivity index (χ1n) is 3.53. The van der Waals surface area contributed by atoms with E-state index in [-0.39, 0.29) is 12.2 Å². The van der Waals surface area contributed by atoms with Crippen LogP contribution in [0.1, 0.15) is 11.6 Å². The molecule has 0 aliphatic heterocycles. The second-order valence-electron chi connectivity index (χ2n) is 2.55. The minimum atomic E-state index is -0.641. The minimum absolute atomic E-state index is 0.216.